The fraction of sp³-hybridized carbons (Fsp3) is 0.636. The van der Waals surface area contributed by atoms with E-state index < -0.39 is 0 Å². The van der Waals surface area contributed by atoms with Crippen molar-refractivity contribution in [2.24, 2.45) is 11.8 Å². The number of aryl methyl sites for hydroxylation is 1. The Morgan fingerprint density at radius 3 is 2.14 bits per heavy atom. The molecule has 1 aromatic carbocycles. The van der Waals surface area contributed by atoms with Gasteiger partial charge in [0, 0.05) is 5.56 Å². The van der Waals surface area contributed by atoms with E-state index in [9.17, 15) is 0 Å². The first-order valence-corrected chi connectivity index (χ1v) is 9.33. The molecule has 1 aliphatic rings. The number of benzene rings is 1. The Hall–Kier alpha value is -1.22. The molecule has 1 saturated carbocycles. The van der Waals surface area contributed by atoms with Gasteiger partial charge in [-0.25, -0.2) is 0 Å². The van der Waals surface area contributed by atoms with Crippen LogP contribution in [0.25, 0.3) is 0 Å². The van der Waals surface area contributed by atoms with Crippen LogP contribution in [0.4, 0.5) is 0 Å². The molecule has 0 aliphatic heterocycles. The van der Waals surface area contributed by atoms with Crippen molar-refractivity contribution in [3.8, 4) is 11.8 Å². The van der Waals surface area contributed by atoms with Crippen molar-refractivity contribution in [3.05, 3.63) is 35.4 Å². The van der Waals surface area contributed by atoms with Crippen LogP contribution in [0.3, 0.4) is 0 Å². The Labute approximate surface area is 137 Å². The van der Waals surface area contributed by atoms with Gasteiger partial charge in [-0.05, 0) is 49.3 Å². The minimum absolute atomic E-state index is 0.970. The lowest BCUT2D eigenvalue weighted by Crippen LogP contribution is -2.15. The molecule has 0 bridgehead atoms. The molecule has 0 unspecified atom stereocenters. The Morgan fingerprint density at radius 2 is 1.55 bits per heavy atom. The summed E-state index contributed by atoms with van der Waals surface area (Å²) in [7, 11) is 0. The molecule has 1 fully saturated rings. The van der Waals surface area contributed by atoms with E-state index in [1.165, 1.54) is 69.8 Å². The summed E-state index contributed by atoms with van der Waals surface area (Å²) >= 11 is 0. The topological polar surface area (TPSA) is 0 Å². The molecule has 0 heteroatoms. The molecule has 0 nitrogen and oxygen atoms in total. The van der Waals surface area contributed by atoms with E-state index >= 15 is 0 Å². The van der Waals surface area contributed by atoms with E-state index in [0.29, 0.717) is 0 Å². The second kappa shape index (κ2) is 9.73. The smallest absolute Gasteiger partial charge is 0.0245 e. The molecule has 0 saturated heterocycles. The quantitative estimate of drug-likeness (QED) is 0.404. The van der Waals surface area contributed by atoms with Crippen molar-refractivity contribution in [2.45, 2.75) is 78.1 Å². The highest BCUT2D eigenvalue weighted by Gasteiger charge is 2.20. The van der Waals surface area contributed by atoms with Gasteiger partial charge >= 0.3 is 0 Å². The van der Waals surface area contributed by atoms with Crippen LogP contribution in [0.5, 0.6) is 0 Å². The van der Waals surface area contributed by atoms with Crippen LogP contribution in [0.15, 0.2) is 24.3 Å². The van der Waals surface area contributed by atoms with E-state index in [1.54, 1.807) is 0 Å². The van der Waals surface area contributed by atoms with Gasteiger partial charge < -0.3 is 0 Å². The van der Waals surface area contributed by atoms with Crippen LogP contribution >= 0.6 is 0 Å². The van der Waals surface area contributed by atoms with E-state index in [0.717, 1.165) is 17.4 Å². The molecule has 0 aromatic heterocycles. The molecule has 0 spiro atoms. The maximum Gasteiger partial charge on any atom is 0.0245 e. The fourth-order valence-corrected chi connectivity index (χ4v) is 3.76. The number of rotatable bonds is 7. The summed E-state index contributed by atoms with van der Waals surface area (Å²) < 4.78 is 0. The van der Waals surface area contributed by atoms with Crippen LogP contribution in [-0.4, -0.2) is 0 Å². The molecule has 1 aliphatic carbocycles. The summed E-state index contributed by atoms with van der Waals surface area (Å²) in [6.07, 6.45) is 14.3. The molecule has 0 atom stereocenters. The SMILES string of the molecule is CC#Cc1ccc(CC[C@H]2CC[C@H](CCCCC)CC2)cc1. The van der Waals surface area contributed by atoms with Crippen molar-refractivity contribution in [1.29, 1.82) is 0 Å². The summed E-state index contributed by atoms with van der Waals surface area (Å²) in [6, 6.07) is 8.85. The second-order valence-corrected chi connectivity index (χ2v) is 6.99. The van der Waals surface area contributed by atoms with Crippen LogP contribution in [0.1, 0.15) is 82.8 Å². The maximum atomic E-state index is 3.12. The molecule has 0 heterocycles. The van der Waals surface area contributed by atoms with Gasteiger partial charge in [-0.1, -0.05) is 76.3 Å². The molecule has 120 valence electrons. The van der Waals surface area contributed by atoms with Crippen LogP contribution in [0, 0.1) is 23.7 Å². The maximum absolute atomic E-state index is 3.12. The van der Waals surface area contributed by atoms with Gasteiger partial charge in [-0.15, -0.1) is 5.92 Å². The average molecular weight is 296 g/mol. The first-order chi connectivity index (χ1) is 10.8. The fourth-order valence-electron chi connectivity index (χ4n) is 3.76. The number of hydrogen-bond donors (Lipinski definition) is 0. The van der Waals surface area contributed by atoms with Crippen LogP contribution < -0.4 is 0 Å². The third kappa shape index (κ3) is 5.88. The zero-order valence-corrected chi connectivity index (χ0v) is 14.5. The summed E-state index contributed by atoms with van der Waals surface area (Å²) in [5, 5.41) is 0. The van der Waals surface area contributed by atoms with E-state index in [-0.39, 0.29) is 0 Å². The van der Waals surface area contributed by atoms with Gasteiger partial charge in [0.15, 0.2) is 0 Å². The highest BCUT2D eigenvalue weighted by atomic mass is 14.3. The zero-order chi connectivity index (χ0) is 15.6. The van der Waals surface area contributed by atoms with Gasteiger partial charge in [0.2, 0.25) is 0 Å². The predicted molar refractivity (Wildman–Crippen MR) is 96.9 cm³/mol. The summed E-state index contributed by atoms with van der Waals surface area (Å²) in [5.74, 6) is 8.08. The molecule has 0 N–H and O–H groups in total. The molecular weight excluding hydrogens is 264 g/mol. The molecule has 0 amide bonds. The molecular formula is C22H32. The average Bonchev–Trinajstić information content (AvgIpc) is 2.56. The Bertz CT molecular complexity index is 463. The second-order valence-electron chi connectivity index (χ2n) is 6.99. The van der Waals surface area contributed by atoms with Crippen molar-refractivity contribution in [3.63, 3.8) is 0 Å². The number of hydrogen-bond acceptors (Lipinski definition) is 0. The standard InChI is InChI=1S/C22H32/c1-3-5-6-8-20-11-15-22(16-12-20)18-17-21-13-9-19(7-4-2)10-14-21/h9-10,13-14,20,22H,3,5-6,8,11-12,15-18H2,1-2H3/t20-,22-. The van der Waals surface area contributed by atoms with Gasteiger partial charge in [-0.2, -0.15) is 0 Å². The highest BCUT2D eigenvalue weighted by Crippen LogP contribution is 2.34. The van der Waals surface area contributed by atoms with Gasteiger partial charge in [0.25, 0.3) is 0 Å². The molecule has 22 heavy (non-hydrogen) atoms. The van der Waals surface area contributed by atoms with Crippen LogP contribution in [-0.2, 0) is 6.42 Å². The normalized spacial score (nSPS) is 21.2. The van der Waals surface area contributed by atoms with Gasteiger partial charge in [-0.3, -0.25) is 0 Å². The Kier molecular flexibility index (Phi) is 7.58. The van der Waals surface area contributed by atoms with Crippen molar-refractivity contribution in [2.75, 3.05) is 0 Å². The Morgan fingerprint density at radius 1 is 0.909 bits per heavy atom. The lowest BCUT2D eigenvalue weighted by Gasteiger charge is -2.28. The van der Waals surface area contributed by atoms with Crippen LogP contribution in [0.2, 0.25) is 0 Å². The summed E-state index contributed by atoms with van der Waals surface area (Å²) in [6.45, 7) is 4.20. The summed E-state index contributed by atoms with van der Waals surface area (Å²) in [4.78, 5) is 0. The lowest BCUT2D eigenvalue weighted by molar-refractivity contribution is 0.249. The van der Waals surface area contributed by atoms with Gasteiger partial charge in [0.05, 0.1) is 0 Å². The monoisotopic (exact) mass is 296 g/mol. The molecule has 2 rings (SSSR count). The van der Waals surface area contributed by atoms with Crippen molar-refractivity contribution in [1.82, 2.24) is 0 Å². The summed E-state index contributed by atoms with van der Waals surface area (Å²) in [5.41, 5.74) is 2.62. The zero-order valence-electron chi connectivity index (χ0n) is 14.5. The molecule has 0 radical (unpaired) electrons. The Balaban J connectivity index is 1.66. The largest absolute Gasteiger partial charge is 0.101 e. The number of unbranched alkanes of at least 4 members (excludes halogenated alkanes) is 2. The van der Waals surface area contributed by atoms with E-state index in [4.69, 9.17) is 0 Å². The minimum Gasteiger partial charge on any atom is -0.101 e. The highest BCUT2D eigenvalue weighted by molar-refractivity contribution is 5.35. The first kappa shape index (κ1) is 17.1. The van der Waals surface area contributed by atoms with E-state index in [1.807, 2.05) is 6.92 Å². The third-order valence-corrected chi connectivity index (χ3v) is 5.25. The minimum atomic E-state index is 0.970. The third-order valence-electron chi connectivity index (χ3n) is 5.25. The molecule has 1 aromatic rings. The predicted octanol–water partition coefficient (Wildman–Crippen LogP) is 6.38. The van der Waals surface area contributed by atoms with Gasteiger partial charge in [0.1, 0.15) is 0 Å². The lowest BCUT2D eigenvalue weighted by atomic mass is 9.78. The van der Waals surface area contributed by atoms with E-state index in [2.05, 4.69) is 43.0 Å². The van der Waals surface area contributed by atoms with Crippen molar-refractivity contribution >= 4 is 0 Å². The first-order valence-electron chi connectivity index (χ1n) is 9.33. The van der Waals surface area contributed by atoms with Crippen molar-refractivity contribution < 1.29 is 0 Å².